The normalized spacial score (nSPS) is 7.40. The number of nitrogens with two attached hydrogens (primary N) is 1. The van der Waals surface area contributed by atoms with Crippen molar-refractivity contribution in [3.05, 3.63) is 6.20 Å². The molecule has 0 radical (unpaired) electrons. The number of halogens is 2. The molecule has 0 aromatic carbocycles. The minimum absolute atomic E-state index is 0. The van der Waals surface area contributed by atoms with Gasteiger partial charge in [0, 0.05) is 7.05 Å². The van der Waals surface area contributed by atoms with Gasteiger partial charge in [-0.25, -0.2) is 10.5 Å². The smallest absolute Gasteiger partial charge is 0.158 e. The minimum Gasteiger partial charge on any atom is -0.307 e. The van der Waals surface area contributed by atoms with E-state index in [-0.39, 0.29) is 24.8 Å². The van der Waals surface area contributed by atoms with Gasteiger partial charge in [0.25, 0.3) is 0 Å². The Morgan fingerprint density at radius 1 is 1.60 bits per heavy atom. The number of nitrogens with zero attached hydrogens (tertiary/aromatic N) is 3. The summed E-state index contributed by atoms with van der Waals surface area (Å²) in [4.78, 5) is 0. The third kappa shape index (κ3) is 2.38. The standard InChI is InChI=1S/C3H7N5.2ClH/c1-8-3(6-4)2-5-7-8;;/h2,6H,4H2,1H3;2*1H. The summed E-state index contributed by atoms with van der Waals surface area (Å²) in [6, 6.07) is 0. The second-order valence-corrected chi connectivity index (χ2v) is 1.39. The number of hydrogen-bond acceptors (Lipinski definition) is 4. The first kappa shape index (κ1) is 12.2. The Kier molecular flexibility index (Phi) is 6.43. The fourth-order valence-corrected chi connectivity index (χ4v) is 0.420. The zero-order valence-corrected chi connectivity index (χ0v) is 6.95. The predicted molar refractivity (Wildman–Crippen MR) is 43.3 cm³/mol. The maximum Gasteiger partial charge on any atom is 0.158 e. The third-order valence-corrected chi connectivity index (χ3v) is 0.862. The van der Waals surface area contributed by atoms with Crippen molar-refractivity contribution in [3.63, 3.8) is 0 Å². The van der Waals surface area contributed by atoms with E-state index in [9.17, 15) is 0 Å². The SMILES string of the molecule is Cl.Cl.Cn1nncc1NN. The molecule has 0 fully saturated rings. The van der Waals surface area contributed by atoms with Gasteiger partial charge in [0.05, 0.1) is 6.20 Å². The number of nitrogens with one attached hydrogen (secondary N) is 1. The average molecular weight is 186 g/mol. The van der Waals surface area contributed by atoms with E-state index in [0.29, 0.717) is 5.82 Å². The molecular weight excluding hydrogens is 177 g/mol. The van der Waals surface area contributed by atoms with Crippen molar-refractivity contribution in [2.75, 3.05) is 5.43 Å². The van der Waals surface area contributed by atoms with Crippen LogP contribution in [0.1, 0.15) is 0 Å². The number of anilines is 1. The van der Waals surface area contributed by atoms with Crippen molar-refractivity contribution < 1.29 is 0 Å². The molecule has 0 spiro atoms. The first-order chi connectivity index (χ1) is 3.84. The molecule has 0 saturated carbocycles. The minimum atomic E-state index is 0. The lowest BCUT2D eigenvalue weighted by Gasteiger charge is -1.93. The van der Waals surface area contributed by atoms with Gasteiger partial charge >= 0.3 is 0 Å². The average Bonchev–Trinajstić information content (AvgIpc) is 2.14. The van der Waals surface area contributed by atoms with Crippen molar-refractivity contribution in [1.82, 2.24) is 15.0 Å². The van der Waals surface area contributed by atoms with E-state index in [1.807, 2.05) is 0 Å². The molecule has 0 aliphatic heterocycles. The molecular formula is C3H9Cl2N5. The number of rotatable bonds is 1. The second kappa shape index (κ2) is 5.28. The van der Waals surface area contributed by atoms with Crippen LogP contribution in [0.25, 0.3) is 0 Å². The summed E-state index contributed by atoms with van der Waals surface area (Å²) in [6.07, 6.45) is 1.54. The van der Waals surface area contributed by atoms with Crippen molar-refractivity contribution in [2.45, 2.75) is 0 Å². The van der Waals surface area contributed by atoms with Gasteiger partial charge in [-0.05, 0) is 0 Å². The Morgan fingerprint density at radius 2 is 2.20 bits per heavy atom. The first-order valence-corrected chi connectivity index (χ1v) is 2.16. The lowest BCUT2D eigenvalue weighted by Crippen LogP contribution is -2.10. The summed E-state index contributed by atoms with van der Waals surface area (Å²) in [5, 5.41) is 7.17. The monoisotopic (exact) mass is 185 g/mol. The predicted octanol–water partition coefficient (Wildman–Crippen LogP) is -0.0557. The summed E-state index contributed by atoms with van der Waals surface area (Å²) in [6.45, 7) is 0. The third-order valence-electron chi connectivity index (χ3n) is 0.862. The van der Waals surface area contributed by atoms with Gasteiger partial charge in [-0.1, -0.05) is 5.21 Å². The molecule has 5 nitrogen and oxygen atoms in total. The molecule has 0 aliphatic carbocycles. The maximum absolute atomic E-state index is 5.04. The maximum atomic E-state index is 5.04. The van der Waals surface area contributed by atoms with E-state index >= 15 is 0 Å². The highest BCUT2D eigenvalue weighted by atomic mass is 35.5. The van der Waals surface area contributed by atoms with E-state index in [2.05, 4.69) is 15.7 Å². The van der Waals surface area contributed by atoms with Crippen molar-refractivity contribution in [1.29, 1.82) is 0 Å². The Morgan fingerprint density at radius 3 is 2.40 bits per heavy atom. The molecule has 1 aromatic heterocycles. The van der Waals surface area contributed by atoms with Crippen LogP contribution in [0.15, 0.2) is 6.20 Å². The highest BCUT2D eigenvalue weighted by Gasteiger charge is 1.91. The molecule has 10 heavy (non-hydrogen) atoms. The van der Waals surface area contributed by atoms with E-state index in [1.54, 1.807) is 17.9 Å². The molecule has 1 rings (SSSR count). The zero-order chi connectivity index (χ0) is 5.98. The van der Waals surface area contributed by atoms with Crippen molar-refractivity contribution in [3.8, 4) is 0 Å². The Labute approximate surface area is 70.8 Å². The van der Waals surface area contributed by atoms with Crippen molar-refractivity contribution >= 4 is 30.6 Å². The topological polar surface area (TPSA) is 68.8 Å². The van der Waals surface area contributed by atoms with Crippen LogP contribution in [0.3, 0.4) is 0 Å². The molecule has 0 amide bonds. The Hall–Kier alpha value is -0.520. The van der Waals surface area contributed by atoms with Gasteiger partial charge in [0.1, 0.15) is 0 Å². The molecule has 1 aromatic rings. The van der Waals surface area contributed by atoms with Crippen molar-refractivity contribution in [2.24, 2.45) is 12.9 Å². The molecule has 0 atom stereocenters. The molecule has 0 aliphatic rings. The van der Waals surface area contributed by atoms with Gasteiger partial charge in [-0.3, -0.25) is 0 Å². The van der Waals surface area contributed by atoms with E-state index in [0.717, 1.165) is 0 Å². The summed E-state index contributed by atoms with van der Waals surface area (Å²) in [7, 11) is 1.75. The summed E-state index contributed by atoms with van der Waals surface area (Å²) in [5.74, 6) is 5.74. The molecule has 0 bridgehead atoms. The number of aromatic nitrogens is 3. The van der Waals surface area contributed by atoms with Crippen LogP contribution in [-0.2, 0) is 7.05 Å². The number of nitrogen functional groups attached to an aromatic ring is 1. The highest BCUT2D eigenvalue weighted by molar-refractivity contribution is 5.85. The van der Waals surface area contributed by atoms with Crippen LogP contribution in [0, 0.1) is 0 Å². The van der Waals surface area contributed by atoms with Crippen LogP contribution in [0.2, 0.25) is 0 Å². The molecule has 0 unspecified atom stereocenters. The van der Waals surface area contributed by atoms with Gasteiger partial charge in [0.15, 0.2) is 5.82 Å². The molecule has 7 heteroatoms. The van der Waals surface area contributed by atoms with Gasteiger partial charge in [-0.15, -0.1) is 29.9 Å². The molecule has 1 heterocycles. The highest BCUT2D eigenvalue weighted by Crippen LogP contribution is 1.94. The van der Waals surface area contributed by atoms with E-state index < -0.39 is 0 Å². The summed E-state index contributed by atoms with van der Waals surface area (Å²) in [5.41, 5.74) is 2.41. The number of aryl methyl sites for hydroxylation is 1. The fraction of sp³-hybridized carbons (Fsp3) is 0.333. The van der Waals surface area contributed by atoms with Crippen LogP contribution in [-0.4, -0.2) is 15.0 Å². The quantitative estimate of drug-likeness (QED) is 0.476. The largest absolute Gasteiger partial charge is 0.307 e. The summed E-state index contributed by atoms with van der Waals surface area (Å²) >= 11 is 0. The Balaban J connectivity index is 0. The Bertz CT molecular complexity index is 175. The van der Waals surface area contributed by atoms with Crippen LogP contribution in [0.5, 0.6) is 0 Å². The second-order valence-electron chi connectivity index (χ2n) is 1.39. The van der Waals surface area contributed by atoms with Crippen LogP contribution in [0.4, 0.5) is 5.82 Å². The molecule has 3 N–H and O–H groups in total. The lowest BCUT2D eigenvalue weighted by atomic mass is 10.8. The van der Waals surface area contributed by atoms with Gasteiger partial charge < -0.3 is 5.43 Å². The number of hydrogen-bond donors (Lipinski definition) is 2. The van der Waals surface area contributed by atoms with Gasteiger partial charge in [-0.2, -0.15) is 0 Å². The first-order valence-electron chi connectivity index (χ1n) is 2.16. The molecule has 60 valence electrons. The zero-order valence-electron chi connectivity index (χ0n) is 5.31. The van der Waals surface area contributed by atoms with E-state index in [1.165, 1.54) is 0 Å². The molecule has 0 saturated heterocycles. The fourth-order valence-electron chi connectivity index (χ4n) is 0.420. The van der Waals surface area contributed by atoms with Gasteiger partial charge in [0.2, 0.25) is 0 Å². The van der Waals surface area contributed by atoms with Crippen LogP contribution >= 0.6 is 24.8 Å². The summed E-state index contributed by atoms with van der Waals surface area (Å²) < 4.78 is 1.54. The van der Waals surface area contributed by atoms with E-state index in [4.69, 9.17) is 5.84 Å². The van der Waals surface area contributed by atoms with Crippen LogP contribution < -0.4 is 11.3 Å². The lowest BCUT2D eigenvalue weighted by molar-refractivity contribution is 0.718. The number of hydrazine groups is 1.